The number of likely N-dealkylation sites (tertiary alicyclic amines) is 1. The van der Waals surface area contributed by atoms with Gasteiger partial charge in [0, 0.05) is 6.04 Å². The Labute approximate surface area is 121 Å². The van der Waals surface area contributed by atoms with Gasteiger partial charge in [0.25, 0.3) is 0 Å². The summed E-state index contributed by atoms with van der Waals surface area (Å²) in [5.74, 6) is 0.141. The molecule has 1 unspecified atom stereocenters. The van der Waals surface area contributed by atoms with Crippen LogP contribution in [0.3, 0.4) is 0 Å². The summed E-state index contributed by atoms with van der Waals surface area (Å²) in [6.45, 7) is 4.45. The molecule has 1 aromatic carbocycles. The summed E-state index contributed by atoms with van der Waals surface area (Å²) in [7, 11) is -3.14. The zero-order valence-corrected chi connectivity index (χ0v) is 12.9. The van der Waals surface area contributed by atoms with Gasteiger partial charge in [-0.2, -0.15) is 0 Å². The number of nitrogens with two attached hydrogens (primary N) is 1. The monoisotopic (exact) mass is 296 g/mol. The molecule has 112 valence electrons. The largest absolute Gasteiger partial charge is 0.330 e. The van der Waals surface area contributed by atoms with Crippen LogP contribution >= 0.6 is 0 Å². The summed E-state index contributed by atoms with van der Waals surface area (Å²) in [4.78, 5) is 2.85. The molecular weight excluding hydrogens is 272 g/mol. The quantitative estimate of drug-likeness (QED) is 0.871. The molecule has 0 aliphatic carbocycles. The minimum absolute atomic E-state index is 0.141. The number of benzene rings is 1. The van der Waals surface area contributed by atoms with Gasteiger partial charge in [-0.3, -0.25) is 4.90 Å². The first-order chi connectivity index (χ1) is 9.58. The molecule has 0 spiro atoms. The van der Waals surface area contributed by atoms with Crippen LogP contribution in [0.2, 0.25) is 0 Å². The molecule has 2 rings (SSSR count). The Kier molecular flexibility index (Phi) is 5.18. The minimum Gasteiger partial charge on any atom is -0.330 e. The van der Waals surface area contributed by atoms with Gasteiger partial charge in [-0.05, 0) is 56.6 Å². The fraction of sp³-hybridized carbons (Fsp3) is 0.600. The maximum absolute atomic E-state index is 12.0. The van der Waals surface area contributed by atoms with Crippen molar-refractivity contribution in [2.45, 2.75) is 37.1 Å². The van der Waals surface area contributed by atoms with E-state index in [0.717, 1.165) is 25.1 Å². The van der Waals surface area contributed by atoms with Crippen LogP contribution in [0, 0.1) is 0 Å². The Hall–Kier alpha value is -0.910. The molecule has 1 heterocycles. The summed E-state index contributed by atoms with van der Waals surface area (Å²) in [5.41, 5.74) is 6.82. The summed E-state index contributed by atoms with van der Waals surface area (Å²) >= 11 is 0. The Balaban J connectivity index is 2.31. The van der Waals surface area contributed by atoms with Crippen LogP contribution in [0.15, 0.2) is 29.2 Å². The van der Waals surface area contributed by atoms with Crippen molar-refractivity contribution in [3.8, 4) is 0 Å². The van der Waals surface area contributed by atoms with Gasteiger partial charge in [-0.15, -0.1) is 0 Å². The highest BCUT2D eigenvalue weighted by Crippen LogP contribution is 2.29. The van der Waals surface area contributed by atoms with Gasteiger partial charge in [0.2, 0.25) is 0 Å². The van der Waals surface area contributed by atoms with E-state index in [1.54, 1.807) is 13.0 Å². The summed E-state index contributed by atoms with van der Waals surface area (Å²) in [5, 5.41) is 0. The Bertz CT molecular complexity index is 537. The molecule has 1 aliphatic rings. The lowest BCUT2D eigenvalue weighted by molar-refractivity contribution is 0.235. The second-order valence-electron chi connectivity index (χ2n) is 5.31. The van der Waals surface area contributed by atoms with Crippen LogP contribution < -0.4 is 5.73 Å². The van der Waals surface area contributed by atoms with Crippen LogP contribution in [0.1, 0.15) is 37.8 Å². The van der Waals surface area contributed by atoms with Gasteiger partial charge in [0.15, 0.2) is 9.84 Å². The van der Waals surface area contributed by atoms with Gasteiger partial charge in [0.1, 0.15) is 0 Å². The maximum Gasteiger partial charge on any atom is 0.178 e. The first-order valence-electron chi connectivity index (χ1n) is 7.35. The third-order valence-corrected chi connectivity index (χ3v) is 5.74. The van der Waals surface area contributed by atoms with E-state index in [0.29, 0.717) is 11.4 Å². The van der Waals surface area contributed by atoms with Crippen molar-refractivity contribution in [1.82, 2.24) is 4.90 Å². The van der Waals surface area contributed by atoms with Gasteiger partial charge >= 0.3 is 0 Å². The van der Waals surface area contributed by atoms with E-state index in [4.69, 9.17) is 5.73 Å². The zero-order chi connectivity index (χ0) is 14.6. The predicted molar refractivity (Wildman–Crippen MR) is 81.4 cm³/mol. The minimum atomic E-state index is -3.14. The molecule has 0 saturated carbocycles. The molecule has 0 bridgehead atoms. The van der Waals surface area contributed by atoms with E-state index in [9.17, 15) is 8.42 Å². The predicted octanol–water partition coefficient (Wildman–Crippen LogP) is 1.97. The van der Waals surface area contributed by atoms with Gasteiger partial charge < -0.3 is 5.73 Å². The SMILES string of the molecule is CCS(=O)(=O)c1cccc(C(CCN)N2CCCC2)c1. The molecule has 0 aromatic heterocycles. The lowest BCUT2D eigenvalue weighted by atomic mass is 10.0. The van der Waals surface area contributed by atoms with Crippen molar-refractivity contribution >= 4 is 9.84 Å². The Morgan fingerprint density at radius 3 is 2.60 bits per heavy atom. The first kappa shape index (κ1) is 15.5. The van der Waals surface area contributed by atoms with Crippen molar-refractivity contribution in [2.75, 3.05) is 25.4 Å². The number of rotatable bonds is 6. The van der Waals surface area contributed by atoms with Gasteiger partial charge in [-0.25, -0.2) is 8.42 Å². The van der Waals surface area contributed by atoms with E-state index >= 15 is 0 Å². The molecule has 1 fully saturated rings. The fourth-order valence-corrected chi connectivity index (χ4v) is 3.79. The van der Waals surface area contributed by atoms with Crippen molar-refractivity contribution in [2.24, 2.45) is 5.73 Å². The molecule has 1 aliphatic heterocycles. The molecule has 1 aromatic rings. The summed E-state index contributed by atoms with van der Waals surface area (Å²) < 4.78 is 24.0. The van der Waals surface area contributed by atoms with E-state index in [1.165, 1.54) is 12.8 Å². The third-order valence-electron chi connectivity index (χ3n) is 4.00. The highest BCUT2D eigenvalue weighted by molar-refractivity contribution is 7.91. The highest BCUT2D eigenvalue weighted by atomic mass is 32.2. The lowest BCUT2D eigenvalue weighted by Gasteiger charge is -2.28. The molecule has 1 saturated heterocycles. The van der Waals surface area contributed by atoms with E-state index in [2.05, 4.69) is 4.90 Å². The first-order valence-corrected chi connectivity index (χ1v) is 9.00. The second kappa shape index (κ2) is 6.70. The molecule has 4 nitrogen and oxygen atoms in total. The van der Waals surface area contributed by atoms with E-state index in [-0.39, 0.29) is 11.8 Å². The van der Waals surface area contributed by atoms with Crippen LogP contribution in [0.25, 0.3) is 0 Å². The van der Waals surface area contributed by atoms with Crippen LogP contribution in [0.4, 0.5) is 0 Å². The third kappa shape index (κ3) is 3.40. The molecular formula is C15H24N2O2S. The van der Waals surface area contributed by atoms with Crippen molar-refractivity contribution in [1.29, 1.82) is 0 Å². The molecule has 1 atom stereocenters. The Morgan fingerprint density at radius 2 is 2.00 bits per heavy atom. The molecule has 0 amide bonds. The van der Waals surface area contributed by atoms with Gasteiger partial charge in [0.05, 0.1) is 10.6 Å². The molecule has 2 N–H and O–H groups in total. The highest BCUT2D eigenvalue weighted by Gasteiger charge is 2.24. The molecule has 0 radical (unpaired) electrons. The topological polar surface area (TPSA) is 63.4 Å². The number of hydrogen-bond acceptors (Lipinski definition) is 4. The van der Waals surface area contributed by atoms with Crippen molar-refractivity contribution in [3.63, 3.8) is 0 Å². The van der Waals surface area contributed by atoms with Crippen LogP contribution in [-0.2, 0) is 9.84 Å². The number of hydrogen-bond donors (Lipinski definition) is 1. The Morgan fingerprint density at radius 1 is 1.30 bits per heavy atom. The normalized spacial score (nSPS) is 18.3. The molecule has 5 heteroatoms. The average Bonchev–Trinajstić information content (AvgIpc) is 2.99. The lowest BCUT2D eigenvalue weighted by Crippen LogP contribution is -2.27. The smallest absolute Gasteiger partial charge is 0.178 e. The second-order valence-corrected chi connectivity index (χ2v) is 7.59. The summed E-state index contributed by atoms with van der Waals surface area (Å²) in [6.07, 6.45) is 3.30. The standard InChI is InChI=1S/C15H24N2O2S/c1-2-20(18,19)14-7-5-6-13(12-14)15(8-9-16)17-10-3-4-11-17/h5-7,12,15H,2-4,8-11,16H2,1H3. The fourth-order valence-electron chi connectivity index (χ4n) is 2.85. The van der Waals surface area contributed by atoms with Crippen molar-refractivity contribution < 1.29 is 8.42 Å². The average molecular weight is 296 g/mol. The van der Waals surface area contributed by atoms with Crippen LogP contribution in [0.5, 0.6) is 0 Å². The zero-order valence-electron chi connectivity index (χ0n) is 12.1. The van der Waals surface area contributed by atoms with Crippen molar-refractivity contribution in [3.05, 3.63) is 29.8 Å². The van der Waals surface area contributed by atoms with Crippen LogP contribution in [-0.4, -0.2) is 38.7 Å². The number of sulfone groups is 1. The molecule has 20 heavy (non-hydrogen) atoms. The summed E-state index contributed by atoms with van der Waals surface area (Å²) in [6, 6.07) is 7.63. The van der Waals surface area contributed by atoms with E-state index in [1.807, 2.05) is 18.2 Å². The maximum atomic E-state index is 12.0. The van der Waals surface area contributed by atoms with E-state index < -0.39 is 9.84 Å². The van der Waals surface area contributed by atoms with Gasteiger partial charge in [-0.1, -0.05) is 19.1 Å². The number of nitrogens with zero attached hydrogens (tertiary/aromatic N) is 1.